The van der Waals surface area contributed by atoms with E-state index in [9.17, 15) is 4.79 Å². The van der Waals surface area contributed by atoms with Crippen molar-refractivity contribution in [3.63, 3.8) is 0 Å². The second kappa shape index (κ2) is 3.77. The van der Waals surface area contributed by atoms with Gasteiger partial charge in [0.1, 0.15) is 5.82 Å². The maximum absolute atomic E-state index is 11.6. The predicted octanol–water partition coefficient (Wildman–Crippen LogP) is 0.909. The quantitative estimate of drug-likeness (QED) is 0.749. The van der Waals surface area contributed by atoms with Gasteiger partial charge in [0, 0.05) is 12.7 Å². The highest BCUT2D eigenvalue weighted by atomic mass is 16.5. The Morgan fingerprint density at radius 1 is 1.53 bits per heavy atom. The first-order chi connectivity index (χ1) is 9.22. The topological polar surface area (TPSA) is 59.7 Å². The van der Waals surface area contributed by atoms with Gasteiger partial charge < -0.3 is 9.64 Å². The van der Waals surface area contributed by atoms with Crippen molar-refractivity contribution in [2.45, 2.75) is 25.5 Å². The summed E-state index contributed by atoms with van der Waals surface area (Å²) in [6.45, 7) is 3.20. The highest BCUT2D eigenvalue weighted by molar-refractivity contribution is 5.99. The van der Waals surface area contributed by atoms with Crippen LogP contribution in [0.1, 0.15) is 23.7 Å². The highest BCUT2D eigenvalue weighted by Crippen LogP contribution is 2.31. The van der Waals surface area contributed by atoms with Gasteiger partial charge in [-0.2, -0.15) is 5.10 Å². The van der Waals surface area contributed by atoms with Gasteiger partial charge in [0.05, 0.1) is 30.5 Å². The molecule has 2 saturated heterocycles. The lowest BCUT2D eigenvalue weighted by atomic mass is 10.2. The Hall–Kier alpha value is -1.95. The Kier molecular flexibility index (Phi) is 2.17. The van der Waals surface area contributed by atoms with E-state index in [1.54, 1.807) is 10.7 Å². The van der Waals surface area contributed by atoms with Gasteiger partial charge in [0.2, 0.25) is 0 Å². The molecule has 2 aliphatic rings. The van der Waals surface area contributed by atoms with Crippen LogP contribution in [0.25, 0.3) is 5.65 Å². The fourth-order valence-corrected chi connectivity index (χ4v) is 2.95. The molecule has 4 heterocycles. The molecule has 4 rings (SSSR count). The predicted molar refractivity (Wildman–Crippen MR) is 68.5 cm³/mol. The minimum absolute atomic E-state index is 0.00840. The molecule has 19 heavy (non-hydrogen) atoms. The minimum atomic E-state index is -0.00840. The zero-order valence-corrected chi connectivity index (χ0v) is 10.6. The SMILES string of the molecule is CC(=O)c1cnn2ccc(N3C[C@H]4C[C@@H]3CO4)nc12. The largest absolute Gasteiger partial charge is 0.374 e. The maximum Gasteiger partial charge on any atom is 0.168 e. The van der Waals surface area contributed by atoms with Crippen LogP contribution >= 0.6 is 0 Å². The molecule has 98 valence electrons. The van der Waals surface area contributed by atoms with E-state index in [1.807, 2.05) is 12.3 Å². The molecule has 2 atom stereocenters. The Labute approximate surface area is 110 Å². The standard InChI is InChI=1S/C13H14N4O2/c1-8(18)11-5-14-17-3-2-12(15-13(11)17)16-6-10-4-9(16)7-19-10/h2-3,5,9-10H,4,6-7H2,1H3/t9-,10-/m1/s1. The molecule has 2 aromatic heterocycles. The van der Waals surface area contributed by atoms with Crippen LogP contribution < -0.4 is 4.90 Å². The van der Waals surface area contributed by atoms with Crippen molar-refractivity contribution in [3.8, 4) is 0 Å². The molecular weight excluding hydrogens is 244 g/mol. The molecule has 2 aromatic rings. The van der Waals surface area contributed by atoms with Crippen LogP contribution in [0.2, 0.25) is 0 Å². The normalized spacial score (nSPS) is 25.4. The summed E-state index contributed by atoms with van der Waals surface area (Å²) in [5, 5.41) is 4.15. The Morgan fingerprint density at radius 3 is 3.11 bits per heavy atom. The molecule has 0 amide bonds. The van der Waals surface area contributed by atoms with Crippen LogP contribution in [-0.4, -0.2) is 45.7 Å². The Morgan fingerprint density at radius 2 is 2.42 bits per heavy atom. The maximum atomic E-state index is 11.6. The van der Waals surface area contributed by atoms with Crippen molar-refractivity contribution in [1.29, 1.82) is 0 Å². The molecule has 6 nitrogen and oxygen atoms in total. The number of anilines is 1. The minimum Gasteiger partial charge on any atom is -0.374 e. The van der Waals surface area contributed by atoms with Gasteiger partial charge >= 0.3 is 0 Å². The van der Waals surface area contributed by atoms with Crippen LogP contribution in [0.15, 0.2) is 18.5 Å². The number of carbonyl (C=O) groups is 1. The molecule has 2 bridgehead atoms. The third-order valence-electron chi connectivity index (χ3n) is 3.93. The lowest BCUT2D eigenvalue weighted by molar-refractivity contribution is 0.0988. The van der Waals surface area contributed by atoms with E-state index in [-0.39, 0.29) is 5.78 Å². The van der Waals surface area contributed by atoms with Gasteiger partial charge in [-0.3, -0.25) is 4.79 Å². The van der Waals surface area contributed by atoms with E-state index in [1.165, 1.54) is 6.92 Å². The lowest BCUT2D eigenvalue weighted by Gasteiger charge is -2.27. The summed E-state index contributed by atoms with van der Waals surface area (Å²) < 4.78 is 7.24. The average molecular weight is 258 g/mol. The van der Waals surface area contributed by atoms with E-state index < -0.39 is 0 Å². The van der Waals surface area contributed by atoms with Crippen LogP contribution in [0.3, 0.4) is 0 Å². The number of rotatable bonds is 2. The zero-order valence-electron chi connectivity index (χ0n) is 10.6. The fraction of sp³-hybridized carbons (Fsp3) is 0.462. The van der Waals surface area contributed by atoms with Crippen LogP contribution in [0, 0.1) is 0 Å². The molecule has 2 fully saturated rings. The van der Waals surface area contributed by atoms with E-state index in [0.717, 1.165) is 25.4 Å². The molecule has 0 N–H and O–H groups in total. The van der Waals surface area contributed by atoms with Gasteiger partial charge in [-0.15, -0.1) is 0 Å². The number of carbonyl (C=O) groups excluding carboxylic acids is 1. The second-order valence-electron chi connectivity index (χ2n) is 5.17. The first kappa shape index (κ1) is 10.9. The summed E-state index contributed by atoms with van der Waals surface area (Å²) >= 11 is 0. The van der Waals surface area contributed by atoms with Crippen LogP contribution in [0.5, 0.6) is 0 Å². The van der Waals surface area contributed by atoms with Gasteiger partial charge in [-0.05, 0) is 19.4 Å². The lowest BCUT2D eigenvalue weighted by Crippen LogP contribution is -2.37. The number of aromatic nitrogens is 3. The average Bonchev–Trinajstić information content (AvgIpc) is 3.12. The number of Topliss-reactive ketones (excluding diaryl/α,β-unsaturated/α-hetero) is 1. The number of morpholine rings is 1. The van der Waals surface area contributed by atoms with Crippen molar-refractivity contribution in [3.05, 3.63) is 24.0 Å². The number of hydrogen-bond acceptors (Lipinski definition) is 5. The van der Waals surface area contributed by atoms with E-state index >= 15 is 0 Å². The first-order valence-corrected chi connectivity index (χ1v) is 6.46. The summed E-state index contributed by atoms with van der Waals surface area (Å²) in [6, 6.07) is 2.37. The number of ketones is 1. The molecule has 0 aliphatic carbocycles. The molecule has 0 saturated carbocycles. The third-order valence-corrected chi connectivity index (χ3v) is 3.93. The van der Waals surface area contributed by atoms with E-state index in [4.69, 9.17) is 4.74 Å². The molecule has 0 spiro atoms. The van der Waals surface area contributed by atoms with Gasteiger partial charge in [0.15, 0.2) is 11.4 Å². The summed E-state index contributed by atoms with van der Waals surface area (Å²) in [4.78, 5) is 18.4. The Balaban J connectivity index is 1.79. The van der Waals surface area contributed by atoms with Crippen molar-refractivity contribution in [2.24, 2.45) is 0 Å². The number of nitrogens with zero attached hydrogens (tertiary/aromatic N) is 4. The summed E-state index contributed by atoms with van der Waals surface area (Å²) in [7, 11) is 0. The zero-order chi connectivity index (χ0) is 13.0. The van der Waals surface area contributed by atoms with Crippen LogP contribution in [0.4, 0.5) is 5.82 Å². The monoisotopic (exact) mass is 258 g/mol. The molecule has 0 radical (unpaired) electrons. The Bertz CT molecular complexity index is 666. The van der Waals surface area contributed by atoms with E-state index in [0.29, 0.717) is 23.4 Å². The van der Waals surface area contributed by atoms with Gasteiger partial charge in [-0.25, -0.2) is 9.50 Å². The third kappa shape index (κ3) is 1.56. The second-order valence-corrected chi connectivity index (χ2v) is 5.17. The van der Waals surface area contributed by atoms with E-state index in [2.05, 4.69) is 15.0 Å². The molecular formula is C13H14N4O2. The summed E-state index contributed by atoms with van der Waals surface area (Å²) in [6.07, 6.45) is 4.84. The summed E-state index contributed by atoms with van der Waals surface area (Å²) in [5.41, 5.74) is 1.20. The summed E-state index contributed by atoms with van der Waals surface area (Å²) in [5.74, 6) is 0.900. The first-order valence-electron chi connectivity index (χ1n) is 6.46. The van der Waals surface area contributed by atoms with Crippen molar-refractivity contribution >= 4 is 17.2 Å². The van der Waals surface area contributed by atoms with Crippen molar-refractivity contribution in [1.82, 2.24) is 14.6 Å². The highest BCUT2D eigenvalue weighted by Gasteiger charge is 2.39. The van der Waals surface area contributed by atoms with Gasteiger partial charge in [0.25, 0.3) is 0 Å². The fourth-order valence-electron chi connectivity index (χ4n) is 2.95. The number of hydrogen-bond donors (Lipinski definition) is 0. The number of fused-ring (bicyclic) bond motifs is 3. The van der Waals surface area contributed by atoms with Crippen LogP contribution in [-0.2, 0) is 4.74 Å². The number of ether oxygens (including phenoxy) is 1. The molecule has 2 aliphatic heterocycles. The molecule has 0 unspecified atom stereocenters. The van der Waals surface area contributed by atoms with Crippen molar-refractivity contribution < 1.29 is 9.53 Å². The molecule has 0 aromatic carbocycles. The smallest absolute Gasteiger partial charge is 0.168 e. The van der Waals surface area contributed by atoms with Gasteiger partial charge in [-0.1, -0.05) is 0 Å². The molecule has 6 heteroatoms. The van der Waals surface area contributed by atoms with Crippen molar-refractivity contribution in [2.75, 3.05) is 18.1 Å².